The fourth-order valence-corrected chi connectivity index (χ4v) is 1.97. The van der Waals surface area contributed by atoms with Gasteiger partial charge in [-0.1, -0.05) is 0 Å². The van der Waals surface area contributed by atoms with Gasteiger partial charge in [0.25, 0.3) is 0 Å². The molecule has 0 aliphatic heterocycles. The Morgan fingerprint density at radius 3 is 2.50 bits per heavy atom. The molecule has 0 aliphatic rings. The summed E-state index contributed by atoms with van der Waals surface area (Å²) in [5.74, 6) is -0.362. The van der Waals surface area contributed by atoms with Crippen molar-refractivity contribution in [2.45, 2.75) is 12.6 Å². The first kappa shape index (κ1) is 14.6. The number of ketones is 1. The summed E-state index contributed by atoms with van der Waals surface area (Å²) in [5.41, 5.74) is -0.220. The number of hydrogen-bond donors (Lipinski definition) is 0. The zero-order valence-electron chi connectivity index (χ0n) is 9.99. The molecule has 0 amide bonds. The average Bonchev–Trinajstić information content (AvgIpc) is 2.38. The van der Waals surface area contributed by atoms with Gasteiger partial charge < -0.3 is 0 Å². The topological polar surface area (TPSA) is 42.9 Å². The Bertz CT molecular complexity index is 626. The van der Waals surface area contributed by atoms with Crippen LogP contribution in [0, 0.1) is 0 Å². The summed E-state index contributed by atoms with van der Waals surface area (Å²) >= 11 is 3.23. The molecule has 0 saturated heterocycles. The number of carbonyl (C=O) groups is 1. The van der Waals surface area contributed by atoms with Crippen LogP contribution in [0.15, 0.2) is 41.3 Å². The molecule has 2 aromatic heterocycles. The van der Waals surface area contributed by atoms with Crippen molar-refractivity contribution in [3.8, 4) is 0 Å². The standard InChI is InChI=1S/C13H8BrF3N2O/c14-10-3-8(5-18-7-10)4-12(20)11-2-1-9(6-19-11)13(15,16)17/h1-3,5-7H,4H2. The third-order valence-corrected chi connectivity index (χ3v) is 2.94. The summed E-state index contributed by atoms with van der Waals surface area (Å²) in [5, 5.41) is 0. The van der Waals surface area contributed by atoms with Crippen LogP contribution in [0.1, 0.15) is 21.6 Å². The molecule has 20 heavy (non-hydrogen) atoms. The molecule has 0 fully saturated rings. The van der Waals surface area contributed by atoms with Crippen LogP contribution in [0.4, 0.5) is 13.2 Å². The predicted molar refractivity (Wildman–Crippen MR) is 69.2 cm³/mol. The molecule has 2 heterocycles. The summed E-state index contributed by atoms with van der Waals surface area (Å²) in [6.45, 7) is 0. The van der Waals surface area contributed by atoms with E-state index < -0.39 is 11.7 Å². The molecular weight excluding hydrogens is 337 g/mol. The fraction of sp³-hybridized carbons (Fsp3) is 0.154. The largest absolute Gasteiger partial charge is 0.417 e. The highest BCUT2D eigenvalue weighted by Crippen LogP contribution is 2.28. The van der Waals surface area contributed by atoms with Crippen LogP contribution in [0.2, 0.25) is 0 Å². The highest BCUT2D eigenvalue weighted by Gasteiger charge is 2.30. The molecule has 0 unspecified atom stereocenters. The number of carbonyl (C=O) groups excluding carboxylic acids is 1. The first-order valence-electron chi connectivity index (χ1n) is 5.52. The smallest absolute Gasteiger partial charge is 0.292 e. The van der Waals surface area contributed by atoms with Crippen LogP contribution in [0.5, 0.6) is 0 Å². The Morgan fingerprint density at radius 2 is 1.95 bits per heavy atom. The fourth-order valence-electron chi connectivity index (χ4n) is 1.55. The molecular formula is C13H8BrF3N2O. The van der Waals surface area contributed by atoms with Gasteiger partial charge in [-0.05, 0) is 39.7 Å². The van der Waals surface area contributed by atoms with Gasteiger partial charge >= 0.3 is 6.18 Å². The lowest BCUT2D eigenvalue weighted by Gasteiger charge is -2.06. The highest BCUT2D eigenvalue weighted by molar-refractivity contribution is 9.10. The first-order chi connectivity index (χ1) is 9.36. The van der Waals surface area contributed by atoms with E-state index >= 15 is 0 Å². The minimum Gasteiger partial charge on any atom is -0.292 e. The normalized spacial score (nSPS) is 11.4. The Morgan fingerprint density at radius 1 is 1.20 bits per heavy atom. The van der Waals surface area contributed by atoms with Gasteiger partial charge in [0.1, 0.15) is 5.69 Å². The third kappa shape index (κ3) is 3.63. The predicted octanol–water partition coefficient (Wildman–Crippen LogP) is 3.68. The average molecular weight is 345 g/mol. The number of hydrogen-bond acceptors (Lipinski definition) is 3. The zero-order valence-corrected chi connectivity index (χ0v) is 11.6. The van der Waals surface area contributed by atoms with Gasteiger partial charge in [-0.15, -0.1) is 0 Å². The number of alkyl halides is 3. The molecule has 104 valence electrons. The van der Waals surface area contributed by atoms with E-state index in [1.165, 1.54) is 6.20 Å². The van der Waals surface area contributed by atoms with E-state index in [9.17, 15) is 18.0 Å². The van der Waals surface area contributed by atoms with Gasteiger partial charge in [0.2, 0.25) is 0 Å². The van der Waals surface area contributed by atoms with Crippen molar-refractivity contribution >= 4 is 21.7 Å². The quantitative estimate of drug-likeness (QED) is 0.797. The van der Waals surface area contributed by atoms with Crippen molar-refractivity contribution in [3.05, 3.63) is 58.1 Å². The molecule has 0 atom stereocenters. The second-order valence-corrected chi connectivity index (χ2v) is 4.96. The zero-order chi connectivity index (χ0) is 14.8. The van der Waals surface area contributed by atoms with Gasteiger partial charge in [-0.2, -0.15) is 13.2 Å². The number of nitrogens with zero attached hydrogens (tertiary/aromatic N) is 2. The summed E-state index contributed by atoms with van der Waals surface area (Å²) in [4.78, 5) is 19.4. The highest BCUT2D eigenvalue weighted by atomic mass is 79.9. The Labute approximate surface area is 121 Å². The van der Waals surface area contributed by atoms with Crippen LogP contribution in [0.25, 0.3) is 0 Å². The van der Waals surface area contributed by atoms with Gasteiger partial charge in [-0.3, -0.25) is 14.8 Å². The van der Waals surface area contributed by atoms with Gasteiger partial charge in [-0.25, -0.2) is 0 Å². The van der Waals surface area contributed by atoms with Crippen molar-refractivity contribution in [1.82, 2.24) is 9.97 Å². The molecule has 0 spiro atoms. The van der Waals surface area contributed by atoms with Gasteiger partial charge in [0.05, 0.1) is 5.56 Å². The lowest BCUT2D eigenvalue weighted by Crippen LogP contribution is -2.10. The van der Waals surface area contributed by atoms with Crippen LogP contribution in [-0.4, -0.2) is 15.8 Å². The molecule has 0 aliphatic carbocycles. The molecule has 0 bridgehead atoms. The van der Waals surface area contributed by atoms with E-state index in [2.05, 4.69) is 25.9 Å². The molecule has 0 aromatic carbocycles. The first-order valence-corrected chi connectivity index (χ1v) is 6.31. The second-order valence-electron chi connectivity index (χ2n) is 4.04. The monoisotopic (exact) mass is 344 g/mol. The van der Waals surface area contributed by atoms with Crippen molar-refractivity contribution in [2.75, 3.05) is 0 Å². The minimum atomic E-state index is -4.46. The molecule has 0 radical (unpaired) electrons. The van der Waals surface area contributed by atoms with E-state index in [0.717, 1.165) is 16.6 Å². The number of aromatic nitrogens is 2. The van der Waals surface area contributed by atoms with Gasteiger partial charge in [0.15, 0.2) is 5.78 Å². The van der Waals surface area contributed by atoms with Crippen molar-refractivity contribution in [2.24, 2.45) is 0 Å². The van der Waals surface area contributed by atoms with E-state index in [0.29, 0.717) is 11.8 Å². The molecule has 0 saturated carbocycles. The van der Waals surface area contributed by atoms with E-state index in [1.54, 1.807) is 12.3 Å². The Hall–Kier alpha value is -1.76. The summed E-state index contributed by atoms with van der Waals surface area (Å²) in [7, 11) is 0. The molecule has 2 aromatic rings. The lowest BCUT2D eigenvalue weighted by molar-refractivity contribution is -0.137. The van der Waals surface area contributed by atoms with Crippen LogP contribution in [0.3, 0.4) is 0 Å². The Kier molecular flexibility index (Phi) is 4.17. The lowest BCUT2D eigenvalue weighted by atomic mass is 10.1. The van der Waals surface area contributed by atoms with Crippen LogP contribution < -0.4 is 0 Å². The van der Waals surface area contributed by atoms with Crippen molar-refractivity contribution in [1.29, 1.82) is 0 Å². The van der Waals surface area contributed by atoms with Crippen LogP contribution in [-0.2, 0) is 12.6 Å². The minimum absolute atomic E-state index is 0.00187. The van der Waals surface area contributed by atoms with Crippen molar-refractivity contribution < 1.29 is 18.0 Å². The van der Waals surface area contributed by atoms with E-state index in [-0.39, 0.29) is 17.9 Å². The van der Waals surface area contributed by atoms with E-state index in [4.69, 9.17) is 0 Å². The van der Waals surface area contributed by atoms with Crippen molar-refractivity contribution in [3.63, 3.8) is 0 Å². The van der Waals surface area contributed by atoms with Gasteiger partial charge in [0, 0.05) is 29.5 Å². The maximum absolute atomic E-state index is 12.4. The Balaban J connectivity index is 2.14. The maximum Gasteiger partial charge on any atom is 0.417 e. The van der Waals surface area contributed by atoms with Crippen LogP contribution >= 0.6 is 15.9 Å². The summed E-state index contributed by atoms with van der Waals surface area (Å²) < 4.78 is 37.8. The number of halogens is 4. The third-order valence-electron chi connectivity index (χ3n) is 2.50. The molecule has 3 nitrogen and oxygen atoms in total. The number of pyridine rings is 2. The molecule has 2 rings (SSSR count). The molecule has 7 heteroatoms. The summed E-state index contributed by atoms with van der Waals surface area (Å²) in [6, 6.07) is 3.64. The summed E-state index contributed by atoms with van der Waals surface area (Å²) in [6.07, 6.45) is -0.670. The van der Waals surface area contributed by atoms with E-state index in [1.807, 2.05) is 0 Å². The number of rotatable bonds is 3. The SMILES string of the molecule is O=C(Cc1cncc(Br)c1)c1ccc(C(F)(F)F)cn1. The maximum atomic E-state index is 12.4. The number of Topliss-reactive ketones (excluding diaryl/α,β-unsaturated/α-hetero) is 1. The molecule has 0 N–H and O–H groups in total. The second kappa shape index (κ2) is 5.70.